The molecule has 1 aromatic carbocycles. The zero-order valence-corrected chi connectivity index (χ0v) is 10.4. The molecule has 0 fully saturated rings. The topological polar surface area (TPSA) is 82.3 Å². The number of hydrogen-bond donors (Lipinski definition) is 0. The first kappa shape index (κ1) is 14.5. The van der Waals surface area contributed by atoms with Crippen molar-refractivity contribution >= 4 is 11.5 Å². The van der Waals surface area contributed by atoms with Gasteiger partial charge in [0.2, 0.25) is 0 Å². The summed E-state index contributed by atoms with van der Waals surface area (Å²) in [5.74, 6) is -1.14. The maximum absolute atomic E-state index is 12.4. The number of alkyl halides is 2. The van der Waals surface area contributed by atoms with Crippen molar-refractivity contribution in [2.75, 3.05) is 0 Å². The summed E-state index contributed by atoms with van der Waals surface area (Å²) < 4.78 is 29.0. The molecule has 1 aromatic heterocycles. The number of hydrogen-bond acceptors (Lipinski definition) is 5. The van der Waals surface area contributed by atoms with Crippen LogP contribution < -0.4 is 4.74 Å². The van der Waals surface area contributed by atoms with E-state index in [2.05, 4.69) is 9.72 Å². The third kappa shape index (κ3) is 3.35. The average Bonchev–Trinajstić information content (AvgIpc) is 2.46. The molecule has 0 spiro atoms. The van der Waals surface area contributed by atoms with Crippen molar-refractivity contribution in [1.82, 2.24) is 4.98 Å². The van der Waals surface area contributed by atoms with E-state index in [1.807, 2.05) is 0 Å². The van der Waals surface area contributed by atoms with Gasteiger partial charge in [-0.05, 0) is 18.2 Å². The summed E-state index contributed by atoms with van der Waals surface area (Å²) in [4.78, 5) is 25.8. The number of pyridine rings is 1. The fraction of sp³-hybridized carbons (Fsp3) is 0.0769. The Bertz CT molecular complexity index is 677. The van der Waals surface area contributed by atoms with Gasteiger partial charge >= 0.3 is 6.61 Å². The highest BCUT2D eigenvalue weighted by molar-refractivity contribution is 6.10. The lowest BCUT2D eigenvalue weighted by molar-refractivity contribution is -0.385. The summed E-state index contributed by atoms with van der Waals surface area (Å²) in [5, 5.41) is 10.7. The third-order valence-corrected chi connectivity index (χ3v) is 2.58. The van der Waals surface area contributed by atoms with Crippen LogP contribution in [0.15, 0.2) is 42.7 Å². The van der Waals surface area contributed by atoms with Gasteiger partial charge in [0, 0.05) is 24.0 Å². The quantitative estimate of drug-likeness (QED) is 0.481. The number of ketones is 1. The number of nitro groups is 1. The fourth-order valence-electron chi connectivity index (χ4n) is 1.66. The minimum absolute atomic E-state index is 0.188. The molecule has 0 saturated carbocycles. The Morgan fingerprint density at radius 1 is 1.24 bits per heavy atom. The van der Waals surface area contributed by atoms with Crippen molar-refractivity contribution in [1.29, 1.82) is 0 Å². The smallest absolute Gasteiger partial charge is 0.387 e. The lowest BCUT2D eigenvalue weighted by atomic mass is 10.0. The molecule has 21 heavy (non-hydrogen) atoms. The molecule has 0 bridgehead atoms. The summed E-state index contributed by atoms with van der Waals surface area (Å²) in [5.41, 5.74) is -0.429. The second-order valence-electron chi connectivity index (χ2n) is 3.88. The minimum atomic E-state index is -3.20. The van der Waals surface area contributed by atoms with Gasteiger partial charge in [-0.1, -0.05) is 0 Å². The van der Waals surface area contributed by atoms with Crippen molar-refractivity contribution in [2.45, 2.75) is 6.61 Å². The number of carbonyl (C=O) groups is 1. The zero-order valence-electron chi connectivity index (χ0n) is 10.4. The van der Waals surface area contributed by atoms with Crippen LogP contribution in [0.2, 0.25) is 0 Å². The number of nitrogens with zero attached hydrogens (tertiary/aromatic N) is 2. The van der Waals surface area contributed by atoms with Crippen molar-refractivity contribution in [3.63, 3.8) is 0 Å². The van der Waals surface area contributed by atoms with E-state index in [1.54, 1.807) is 0 Å². The molecule has 0 atom stereocenters. The average molecular weight is 294 g/mol. The van der Waals surface area contributed by atoms with Crippen LogP contribution in [0.4, 0.5) is 14.5 Å². The Morgan fingerprint density at radius 3 is 2.48 bits per heavy atom. The summed E-state index contributed by atoms with van der Waals surface area (Å²) in [6.07, 6.45) is 2.73. The van der Waals surface area contributed by atoms with Gasteiger partial charge in [0.15, 0.2) is 5.78 Å². The van der Waals surface area contributed by atoms with Gasteiger partial charge in [-0.15, -0.1) is 0 Å². The molecular formula is C13H8F2N2O4. The van der Waals surface area contributed by atoms with Crippen LogP contribution in [0, 0.1) is 10.1 Å². The van der Waals surface area contributed by atoms with Gasteiger partial charge < -0.3 is 4.74 Å². The van der Waals surface area contributed by atoms with E-state index in [0.717, 1.165) is 18.2 Å². The van der Waals surface area contributed by atoms with Crippen LogP contribution in [0.1, 0.15) is 15.9 Å². The van der Waals surface area contributed by atoms with Gasteiger partial charge in [0.05, 0.1) is 16.6 Å². The van der Waals surface area contributed by atoms with Gasteiger partial charge in [0.25, 0.3) is 5.69 Å². The Hall–Kier alpha value is -2.90. The molecule has 0 aliphatic heterocycles. The van der Waals surface area contributed by atoms with Crippen LogP contribution in [0.25, 0.3) is 0 Å². The monoisotopic (exact) mass is 294 g/mol. The first-order chi connectivity index (χ1) is 9.99. The molecule has 108 valence electrons. The van der Waals surface area contributed by atoms with E-state index in [1.165, 1.54) is 24.5 Å². The molecule has 0 aliphatic carbocycles. The highest BCUT2D eigenvalue weighted by atomic mass is 19.3. The van der Waals surface area contributed by atoms with Crippen LogP contribution in [-0.2, 0) is 0 Å². The second-order valence-corrected chi connectivity index (χ2v) is 3.88. The molecule has 0 amide bonds. The number of carbonyl (C=O) groups excluding carboxylic acids is 1. The summed E-state index contributed by atoms with van der Waals surface area (Å²) in [7, 11) is 0. The number of halogens is 2. The third-order valence-electron chi connectivity index (χ3n) is 2.58. The van der Waals surface area contributed by atoms with Crippen molar-refractivity contribution in [3.8, 4) is 5.75 Å². The molecule has 0 aliphatic rings. The fourth-order valence-corrected chi connectivity index (χ4v) is 1.66. The van der Waals surface area contributed by atoms with Crippen LogP contribution in [-0.4, -0.2) is 22.3 Å². The molecule has 8 heteroatoms. The standard InChI is InChI=1S/C13H8F2N2O4/c14-13(15)21-11-7-9(17(19)20)1-2-10(11)12(18)8-3-5-16-6-4-8/h1-7,13H. The minimum Gasteiger partial charge on any atom is -0.434 e. The molecule has 0 N–H and O–H groups in total. The lowest BCUT2D eigenvalue weighted by Gasteiger charge is -2.09. The molecule has 0 radical (unpaired) electrons. The molecule has 2 rings (SSSR count). The summed E-state index contributed by atoms with van der Waals surface area (Å²) in [6.45, 7) is -3.20. The van der Waals surface area contributed by atoms with E-state index in [-0.39, 0.29) is 11.1 Å². The van der Waals surface area contributed by atoms with Crippen molar-refractivity contribution < 1.29 is 23.2 Å². The first-order valence-electron chi connectivity index (χ1n) is 5.67. The number of nitro benzene ring substituents is 1. The molecule has 0 saturated heterocycles. The number of aromatic nitrogens is 1. The SMILES string of the molecule is O=C(c1ccncc1)c1ccc([N+](=O)[O-])cc1OC(F)F. The van der Waals surface area contributed by atoms with Gasteiger partial charge in [-0.3, -0.25) is 19.9 Å². The van der Waals surface area contributed by atoms with Gasteiger partial charge in [-0.2, -0.15) is 8.78 Å². The molecule has 2 aromatic rings. The van der Waals surface area contributed by atoms with Crippen molar-refractivity contribution in [2.24, 2.45) is 0 Å². The molecular weight excluding hydrogens is 286 g/mol. The summed E-state index contributed by atoms with van der Waals surface area (Å²) in [6, 6.07) is 5.72. The maximum Gasteiger partial charge on any atom is 0.387 e. The number of benzene rings is 1. The first-order valence-corrected chi connectivity index (χ1v) is 5.67. The largest absolute Gasteiger partial charge is 0.434 e. The maximum atomic E-state index is 12.4. The number of non-ortho nitro benzene ring substituents is 1. The second kappa shape index (κ2) is 6.04. The Morgan fingerprint density at radius 2 is 1.90 bits per heavy atom. The zero-order chi connectivity index (χ0) is 15.4. The highest BCUT2D eigenvalue weighted by Gasteiger charge is 2.20. The van der Waals surface area contributed by atoms with Gasteiger partial charge in [-0.25, -0.2) is 0 Å². The van der Waals surface area contributed by atoms with Crippen molar-refractivity contribution in [3.05, 3.63) is 64.0 Å². The highest BCUT2D eigenvalue weighted by Crippen LogP contribution is 2.28. The Balaban J connectivity index is 2.47. The van der Waals surface area contributed by atoms with E-state index in [0.29, 0.717) is 0 Å². The van der Waals surface area contributed by atoms with Crippen LogP contribution >= 0.6 is 0 Å². The van der Waals surface area contributed by atoms with Gasteiger partial charge in [0.1, 0.15) is 5.75 Å². The predicted octanol–water partition coefficient (Wildman–Crippen LogP) is 2.82. The van der Waals surface area contributed by atoms with Crippen LogP contribution in [0.5, 0.6) is 5.75 Å². The van der Waals surface area contributed by atoms with E-state index in [4.69, 9.17) is 0 Å². The Labute approximate surface area is 117 Å². The summed E-state index contributed by atoms with van der Waals surface area (Å²) >= 11 is 0. The lowest BCUT2D eigenvalue weighted by Crippen LogP contribution is -2.09. The van der Waals surface area contributed by atoms with Crippen LogP contribution in [0.3, 0.4) is 0 Å². The number of rotatable bonds is 5. The molecule has 6 nitrogen and oxygen atoms in total. The van der Waals surface area contributed by atoms with E-state index in [9.17, 15) is 23.7 Å². The molecule has 1 heterocycles. The Kier molecular flexibility index (Phi) is 4.17. The normalized spacial score (nSPS) is 10.4. The number of ether oxygens (including phenoxy) is 1. The van der Waals surface area contributed by atoms with E-state index >= 15 is 0 Å². The predicted molar refractivity (Wildman–Crippen MR) is 67.4 cm³/mol. The molecule has 0 unspecified atom stereocenters. The van der Waals surface area contributed by atoms with E-state index < -0.39 is 28.8 Å².